The van der Waals surface area contributed by atoms with Gasteiger partial charge in [0.1, 0.15) is 5.82 Å². The number of nitrogens with one attached hydrogen (secondary N) is 1. The molecule has 1 heterocycles. The summed E-state index contributed by atoms with van der Waals surface area (Å²) in [5.41, 5.74) is 0.509. The molecule has 3 aromatic rings. The van der Waals surface area contributed by atoms with E-state index in [4.69, 9.17) is 11.6 Å². The van der Waals surface area contributed by atoms with E-state index in [1.54, 1.807) is 41.0 Å². The molecule has 0 saturated carbocycles. The SMILES string of the molecule is C=CCn1c(CNC(=O)c2ccccc2F)nnc1SCC(=O)c1ccc(Cl)cc1. The second-order valence-electron chi connectivity index (χ2n) is 6.18. The van der Waals surface area contributed by atoms with Gasteiger partial charge in [-0.1, -0.05) is 41.6 Å². The molecular weight excluding hydrogens is 427 g/mol. The van der Waals surface area contributed by atoms with Crippen LogP contribution in [0.4, 0.5) is 4.39 Å². The average Bonchev–Trinajstić information content (AvgIpc) is 3.13. The number of carbonyl (C=O) groups is 2. The fraction of sp³-hybridized carbons (Fsp3) is 0.143. The lowest BCUT2D eigenvalue weighted by atomic mass is 10.1. The van der Waals surface area contributed by atoms with E-state index in [0.29, 0.717) is 28.1 Å². The predicted molar refractivity (Wildman–Crippen MR) is 114 cm³/mol. The van der Waals surface area contributed by atoms with Crippen molar-refractivity contribution in [1.29, 1.82) is 0 Å². The summed E-state index contributed by atoms with van der Waals surface area (Å²) in [5, 5.41) is 11.9. The topological polar surface area (TPSA) is 76.9 Å². The first-order chi connectivity index (χ1) is 14.5. The van der Waals surface area contributed by atoms with Gasteiger partial charge in [-0.3, -0.25) is 9.59 Å². The summed E-state index contributed by atoms with van der Waals surface area (Å²) < 4.78 is 15.5. The molecule has 0 spiro atoms. The summed E-state index contributed by atoms with van der Waals surface area (Å²) in [4.78, 5) is 24.6. The Hall–Kier alpha value is -2.97. The van der Waals surface area contributed by atoms with Crippen LogP contribution in [0.5, 0.6) is 0 Å². The molecule has 0 aliphatic rings. The number of benzene rings is 2. The third-order valence-electron chi connectivity index (χ3n) is 4.13. The van der Waals surface area contributed by atoms with Crippen LogP contribution < -0.4 is 5.32 Å². The third-order valence-corrected chi connectivity index (χ3v) is 5.35. The summed E-state index contributed by atoms with van der Waals surface area (Å²) >= 11 is 7.08. The van der Waals surface area contributed by atoms with E-state index < -0.39 is 11.7 Å². The first-order valence-electron chi connectivity index (χ1n) is 8.97. The molecule has 0 aliphatic heterocycles. The van der Waals surface area contributed by atoms with Crippen molar-refractivity contribution in [2.75, 3.05) is 5.75 Å². The van der Waals surface area contributed by atoms with Crippen molar-refractivity contribution in [2.24, 2.45) is 0 Å². The average molecular weight is 445 g/mol. The summed E-state index contributed by atoms with van der Waals surface area (Å²) in [6.45, 7) is 4.17. The number of ketones is 1. The molecule has 1 aromatic heterocycles. The summed E-state index contributed by atoms with van der Waals surface area (Å²) in [6, 6.07) is 12.4. The molecule has 2 aromatic carbocycles. The monoisotopic (exact) mass is 444 g/mol. The van der Waals surface area contributed by atoms with Crippen LogP contribution in [0.2, 0.25) is 5.02 Å². The van der Waals surface area contributed by atoms with Crippen LogP contribution in [-0.2, 0) is 13.1 Å². The quantitative estimate of drug-likeness (QED) is 0.304. The predicted octanol–water partition coefficient (Wildman–Crippen LogP) is 4.16. The Morgan fingerprint density at radius 3 is 2.60 bits per heavy atom. The molecule has 1 amide bonds. The van der Waals surface area contributed by atoms with Gasteiger partial charge >= 0.3 is 0 Å². The first kappa shape index (κ1) is 21.7. The van der Waals surface area contributed by atoms with Gasteiger partial charge in [0.25, 0.3) is 5.91 Å². The maximum atomic E-state index is 13.8. The highest BCUT2D eigenvalue weighted by atomic mass is 35.5. The minimum atomic E-state index is -0.598. The Labute approximate surface area is 182 Å². The molecule has 3 rings (SSSR count). The smallest absolute Gasteiger partial charge is 0.254 e. The molecule has 0 radical (unpaired) electrons. The summed E-state index contributed by atoms with van der Waals surface area (Å²) in [7, 11) is 0. The van der Waals surface area contributed by atoms with E-state index in [1.807, 2.05) is 0 Å². The largest absolute Gasteiger partial charge is 0.345 e. The van der Waals surface area contributed by atoms with Crippen molar-refractivity contribution in [3.8, 4) is 0 Å². The lowest BCUT2D eigenvalue weighted by Crippen LogP contribution is -2.25. The van der Waals surface area contributed by atoms with Crippen molar-refractivity contribution in [3.05, 3.63) is 89.0 Å². The molecule has 0 atom stereocenters. The summed E-state index contributed by atoms with van der Waals surface area (Å²) in [5.74, 6) is -0.577. The number of halogens is 2. The number of amides is 1. The highest BCUT2D eigenvalue weighted by Crippen LogP contribution is 2.20. The second kappa shape index (κ2) is 10.2. The van der Waals surface area contributed by atoms with E-state index in [0.717, 1.165) is 0 Å². The van der Waals surface area contributed by atoms with Crippen molar-refractivity contribution < 1.29 is 14.0 Å². The maximum Gasteiger partial charge on any atom is 0.254 e. The van der Waals surface area contributed by atoms with Crippen LogP contribution in [0.3, 0.4) is 0 Å². The van der Waals surface area contributed by atoms with Crippen molar-refractivity contribution in [1.82, 2.24) is 20.1 Å². The Morgan fingerprint density at radius 1 is 1.17 bits per heavy atom. The van der Waals surface area contributed by atoms with Gasteiger partial charge < -0.3 is 9.88 Å². The highest BCUT2D eigenvalue weighted by molar-refractivity contribution is 7.99. The Bertz CT molecular complexity index is 1070. The molecule has 6 nitrogen and oxygen atoms in total. The van der Waals surface area contributed by atoms with Gasteiger partial charge in [-0.2, -0.15) is 0 Å². The van der Waals surface area contributed by atoms with Crippen molar-refractivity contribution >= 4 is 35.1 Å². The number of thioether (sulfide) groups is 1. The van der Waals surface area contributed by atoms with Gasteiger partial charge in [-0.15, -0.1) is 16.8 Å². The fourth-order valence-corrected chi connectivity index (χ4v) is 3.61. The Balaban J connectivity index is 1.66. The third kappa shape index (κ3) is 5.34. The molecule has 154 valence electrons. The van der Waals surface area contributed by atoms with Crippen LogP contribution in [-0.4, -0.2) is 32.2 Å². The van der Waals surface area contributed by atoms with Crippen LogP contribution >= 0.6 is 23.4 Å². The number of hydrogen-bond donors (Lipinski definition) is 1. The second-order valence-corrected chi connectivity index (χ2v) is 7.56. The zero-order valence-electron chi connectivity index (χ0n) is 15.8. The number of allylic oxidation sites excluding steroid dienone is 1. The van der Waals surface area contributed by atoms with E-state index in [2.05, 4.69) is 22.1 Å². The number of nitrogens with zero attached hydrogens (tertiary/aromatic N) is 3. The van der Waals surface area contributed by atoms with Gasteiger partial charge in [0, 0.05) is 17.1 Å². The van der Waals surface area contributed by atoms with Crippen molar-refractivity contribution in [2.45, 2.75) is 18.2 Å². The zero-order valence-corrected chi connectivity index (χ0v) is 17.4. The van der Waals surface area contributed by atoms with Crippen LogP contribution in [0.25, 0.3) is 0 Å². The fourth-order valence-electron chi connectivity index (χ4n) is 2.62. The lowest BCUT2D eigenvalue weighted by molar-refractivity contribution is 0.0944. The standard InChI is InChI=1S/C21H18ClFN4O2S/c1-2-11-27-19(12-24-20(29)16-5-3-4-6-17(16)23)25-26-21(27)30-13-18(28)14-7-9-15(22)10-8-14/h2-10H,1,11-13H2,(H,24,29). The van der Waals surface area contributed by atoms with Gasteiger partial charge in [0.2, 0.25) is 0 Å². The van der Waals surface area contributed by atoms with Gasteiger partial charge in [-0.05, 0) is 36.4 Å². The van der Waals surface area contributed by atoms with Crippen LogP contribution in [0.1, 0.15) is 26.5 Å². The number of rotatable bonds is 9. The van der Waals surface area contributed by atoms with Gasteiger partial charge in [0.05, 0.1) is 17.9 Å². The molecule has 1 N–H and O–H groups in total. The molecule has 30 heavy (non-hydrogen) atoms. The molecular formula is C21H18ClFN4O2S. The minimum absolute atomic E-state index is 0.0459. The molecule has 9 heteroatoms. The molecule has 0 unspecified atom stereocenters. The number of carbonyl (C=O) groups excluding carboxylic acids is 2. The van der Waals surface area contributed by atoms with E-state index >= 15 is 0 Å². The molecule has 0 saturated heterocycles. The number of Topliss-reactive ketones (excluding diaryl/α,β-unsaturated/α-hetero) is 1. The maximum absolute atomic E-state index is 13.8. The van der Waals surface area contributed by atoms with Crippen molar-refractivity contribution in [3.63, 3.8) is 0 Å². The summed E-state index contributed by atoms with van der Waals surface area (Å²) in [6.07, 6.45) is 1.66. The van der Waals surface area contributed by atoms with Crippen LogP contribution in [0, 0.1) is 5.82 Å². The van der Waals surface area contributed by atoms with E-state index in [9.17, 15) is 14.0 Å². The van der Waals surface area contributed by atoms with Gasteiger partial charge in [-0.25, -0.2) is 4.39 Å². The molecule has 0 aliphatic carbocycles. The number of hydrogen-bond acceptors (Lipinski definition) is 5. The highest BCUT2D eigenvalue weighted by Gasteiger charge is 2.16. The van der Waals surface area contributed by atoms with Gasteiger partial charge in [0.15, 0.2) is 16.8 Å². The zero-order chi connectivity index (χ0) is 21.5. The lowest BCUT2D eigenvalue weighted by Gasteiger charge is -2.09. The normalized spacial score (nSPS) is 10.6. The number of aromatic nitrogens is 3. The van der Waals surface area contributed by atoms with E-state index in [1.165, 1.54) is 30.0 Å². The minimum Gasteiger partial charge on any atom is -0.345 e. The molecule has 0 fully saturated rings. The Kier molecular flexibility index (Phi) is 7.37. The van der Waals surface area contributed by atoms with E-state index in [-0.39, 0.29) is 23.6 Å². The first-order valence-corrected chi connectivity index (χ1v) is 10.3. The Morgan fingerprint density at radius 2 is 1.90 bits per heavy atom. The molecule has 0 bridgehead atoms. The van der Waals surface area contributed by atoms with Crippen LogP contribution in [0.15, 0.2) is 66.3 Å².